The van der Waals surface area contributed by atoms with E-state index in [0.717, 1.165) is 10.9 Å². The third-order valence-corrected chi connectivity index (χ3v) is 6.73. The molecule has 0 aliphatic carbocycles. The number of halogens is 1. The smallest absolute Gasteiger partial charge is 0.124 e. The average molecular weight is 507 g/mol. The highest BCUT2D eigenvalue weighted by Crippen LogP contribution is 2.12. The second kappa shape index (κ2) is 17.2. The fraction of sp³-hybridized carbons (Fsp3) is 0.750. The van der Waals surface area contributed by atoms with Gasteiger partial charge in [-0.2, -0.15) is 0 Å². The van der Waals surface area contributed by atoms with Crippen LogP contribution in [0.4, 0.5) is 0 Å². The quantitative estimate of drug-likeness (QED) is 0.116. The molecular formula is C24H44BrNO3S. The molecule has 0 radical (unpaired) electrons. The van der Waals surface area contributed by atoms with E-state index in [1.165, 1.54) is 100 Å². The molecular weight excluding hydrogens is 462 g/mol. The molecule has 0 unspecified atom stereocenters. The van der Waals surface area contributed by atoms with Gasteiger partial charge in [0, 0.05) is 11.8 Å². The van der Waals surface area contributed by atoms with Gasteiger partial charge in [-0.25, -0.2) is 8.42 Å². The molecule has 0 aromatic heterocycles. The van der Waals surface area contributed by atoms with Crippen molar-refractivity contribution in [3.8, 4) is 0 Å². The van der Waals surface area contributed by atoms with Gasteiger partial charge in [0.1, 0.15) is 10.1 Å². The minimum Gasteiger partial charge on any atom is -0.744 e. The first-order valence-electron chi connectivity index (χ1n) is 11.5. The average Bonchev–Trinajstić information content (AvgIpc) is 2.68. The van der Waals surface area contributed by atoms with E-state index in [4.69, 9.17) is 0 Å². The third-order valence-electron chi connectivity index (χ3n) is 5.32. The van der Waals surface area contributed by atoms with E-state index in [-0.39, 0.29) is 4.90 Å². The number of alkyl halides is 1. The van der Waals surface area contributed by atoms with Crippen LogP contribution in [0.2, 0.25) is 0 Å². The Labute approximate surface area is 194 Å². The number of aryl methyl sites for hydroxylation is 1. The number of unbranched alkanes of at least 4 members (excludes halogenated alkanes) is 9. The van der Waals surface area contributed by atoms with Crippen LogP contribution in [0.25, 0.3) is 0 Å². The van der Waals surface area contributed by atoms with E-state index in [0.29, 0.717) is 0 Å². The highest BCUT2D eigenvalue weighted by atomic mass is 79.9. The molecule has 0 spiro atoms. The van der Waals surface area contributed by atoms with Crippen molar-refractivity contribution in [2.45, 2.75) is 89.4 Å². The van der Waals surface area contributed by atoms with Crippen LogP contribution in [0.3, 0.4) is 0 Å². The van der Waals surface area contributed by atoms with Crippen LogP contribution in [0.5, 0.6) is 0 Å². The van der Waals surface area contributed by atoms with Crippen molar-refractivity contribution in [3.63, 3.8) is 0 Å². The highest BCUT2D eigenvalue weighted by Gasteiger charge is 2.12. The first kappa shape index (κ1) is 29.6. The Morgan fingerprint density at radius 2 is 1.23 bits per heavy atom. The molecule has 4 nitrogen and oxygen atoms in total. The van der Waals surface area contributed by atoms with Gasteiger partial charge in [-0.15, -0.1) is 0 Å². The maximum Gasteiger partial charge on any atom is 0.124 e. The molecule has 1 rings (SSSR count). The first-order chi connectivity index (χ1) is 14.1. The number of rotatable bonds is 15. The lowest BCUT2D eigenvalue weighted by molar-refractivity contribution is -0.890. The van der Waals surface area contributed by atoms with Crippen molar-refractivity contribution in [2.75, 3.05) is 32.5 Å². The largest absolute Gasteiger partial charge is 0.744 e. The zero-order valence-corrected chi connectivity index (χ0v) is 22.1. The van der Waals surface area contributed by atoms with E-state index in [2.05, 4.69) is 36.9 Å². The molecule has 0 heterocycles. The van der Waals surface area contributed by atoms with Crippen molar-refractivity contribution in [2.24, 2.45) is 0 Å². The van der Waals surface area contributed by atoms with E-state index in [1.807, 2.05) is 6.92 Å². The van der Waals surface area contributed by atoms with Gasteiger partial charge in [0.05, 0.1) is 32.1 Å². The molecule has 176 valence electrons. The maximum absolute atomic E-state index is 10.4. The summed E-state index contributed by atoms with van der Waals surface area (Å²) in [4.78, 5) is -0.178. The van der Waals surface area contributed by atoms with Crippen molar-refractivity contribution in [1.29, 1.82) is 0 Å². The molecule has 1 aromatic carbocycles. The first-order valence-corrected chi connectivity index (χ1v) is 14.1. The molecule has 0 saturated carbocycles. The van der Waals surface area contributed by atoms with Gasteiger partial charge in [-0.1, -0.05) is 91.9 Å². The van der Waals surface area contributed by atoms with Crippen LogP contribution >= 0.6 is 15.9 Å². The van der Waals surface area contributed by atoms with Crippen LogP contribution in [-0.4, -0.2) is 50.0 Å². The standard InChI is InChI=1S/C17H37BrN.C7H8O3S/c1-4-5-6-7-8-9-10-11-12-13-16-19(2,3)17-14-15-18;1-6-2-4-7(5-3-6)11(8,9)10/h4-17H2,1-3H3;2-5H,1H3,(H,8,9,10)/q+1;/p-1. The Balaban J connectivity index is 0.000000642. The third kappa shape index (κ3) is 17.3. The molecule has 0 saturated heterocycles. The molecule has 0 aliphatic rings. The molecule has 30 heavy (non-hydrogen) atoms. The zero-order valence-electron chi connectivity index (χ0n) is 19.7. The number of hydrogen-bond donors (Lipinski definition) is 0. The normalized spacial score (nSPS) is 11.8. The lowest BCUT2D eigenvalue weighted by atomic mass is 10.1. The molecule has 1 aromatic rings. The molecule has 0 amide bonds. The lowest BCUT2D eigenvalue weighted by Crippen LogP contribution is -2.41. The van der Waals surface area contributed by atoms with E-state index in [1.54, 1.807) is 12.1 Å². The Kier molecular flexibility index (Phi) is 16.9. The fourth-order valence-corrected chi connectivity index (χ4v) is 4.05. The van der Waals surface area contributed by atoms with Gasteiger partial charge in [-0.05, 0) is 31.9 Å². The molecule has 0 bridgehead atoms. The second-order valence-electron chi connectivity index (χ2n) is 8.87. The second-order valence-corrected chi connectivity index (χ2v) is 11.0. The van der Waals surface area contributed by atoms with Crippen LogP contribution in [0, 0.1) is 6.92 Å². The van der Waals surface area contributed by atoms with Crippen molar-refractivity contribution in [3.05, 3.63) is 29.8 Å². The van der Waals surface area contributed by atoms with Gasteiger partial charge in [0.15, 0.2) is 0 Å². The zero-order chi connectivity index (χ0) is 22.9. The van der Waals surface area contributed by atoms with Crippen molar-refractivity contribution in [1.82, 2.24) is 0 Å². The molecule has 0 fully saturated rings. The minimum atomic E-state index is -4.27. The van der Waals surface area contributed by atoms with Crippen LogP contribution in [0.1, 0.15) is 83.1 Å². The molecule has 6 heteroatoms. The van der Waals surface area contributed by atoms with E-state index >= 15 is 0 Å². The van der Waals surface area contributed by atoms with E-state index in [9.17, 15) is 13.0 Å². The summed E-state index contributed by atoms with van der Waals surface area (Å²) >= 11 is 3.52. The van der Waals surface area contributed by atoms with Crippen LogP contribution in [0.15, 0.2) is 29.2 Å². The summed E-state index contributed by atoms with van der Waals surface area (Å²) < 4.78 is 32.4. The summed E-state index contributed by atoms with van der Waals surface area (Å²) in [6, 6.07) is 5.78. The predicted molar refractivity (Wildman–Crippen MR) is 131 cm³/mol. The summed E-state index contributed by atoms with van der Waals surface area (Å²) in [5.41, 5.74) is 0.928. The summed E-state index contributed by atoms with van der Waals surface area (Å²) in [6.45, 7) is 6.77. The van der Waals surface area contributed by atoms with Gasteiger partial charge in [0.2, 0.25) is 0 Å². The van der Waals surface area contributed by atoms with Crippen LogP contribution < -0.4 is 0 Å². The lowest BCUT2D eigenvalue weighted by Gasteiger charge is -2.29. The Morgan fingerprint density at radius 3 is 1.67 bits per heavy atom. The Bertz CT molecular complexity index is 630. The van der Waals surface area contributed by atoms with Gasteiger partial charge >= 0.3 is 0 Å². The van der Waals surface area contributed by atoms with Crippen molar-refractivity contribution < 1.29 is 17.5 Å². The maximum atomic E-state index is 10.4. The monoisotopic (exact) mass is 505 g/mol. The topological polar surface area (TPSA) is 57.2 Å². The summed E-state index contributed by atoms with van der Waals surface area (Å²) in [7, 11) is 0.473. The van der Waals surface area contributed by atoms with Gasteiger partial charge in [-0.3, -0.25) is 0 Å². The molecule has 0 N–H and O–H groups in total. The Hall–Kier alpha value is -0.430. The summed E-state index contributed by atoms with van der Waals surface area (Å²) in [5.74, 6) is 0. The predicted octanol–water partition coefficient (Wildman–Crippen LogP) is 6.67. The number of quaternary nitrogens is 1. The highest BCUT2D eigenvalue weighted by molar-refractivity contribution is 9.09. The Morgan fingerprint density at radius 1 is 0.800 bits per heavy atom. The van der Waals surface area contributed by atoms with Gasteiger partial charge < -0.3 is 9.04 Å². The summed E-state index contributed by atoms with van der Waals surface area (Å²) in [6.07, 6.45) is 15.7. The van der Waals surface area contributed by atoms with Gasteiger partial charge in [0.25, 0.3) is 0 Å². The number of nitrogens with zero attached hydrogens (tertiary/aromatic N) is 1. The minimum absolute atomic E-state index is 0.178. The van der Waals surface area contributed by atoms with Crippen LogP contribution in [-0.2, 0) is 10.1 Å². The van der Waals surface area contributed by atoms with E-state index < -0.39 is 10.1 Å². The SMILES string of the molecule is CCCCCCCCCCCC[N+](C)(C)CCCBr.Cc1ccc(S(=O)(=O)[O-])cc1. The number of benzene rings is 1. The molecule has 0 aliphatic heterocycles. The van der Waals surface area contributed by atoms with Crippen molar-refractivity contribution >= 4 is 26.0 Å². The number of hydrogen-bond acceptors (Lipinski definition) is 3. The summed E-state index contributed by atoms with van der Waals surface area (Å²) in [5, 5.41) is 1.15. The fourth-order valence-electron chi connectivity index (χ4n) is 3.33. The molecule has 0 atom stereocenters.